The van der Waals surface area contributed by atoms with Crippen molar-refractivity contribution in [3.8, 4) is 0 Å². The predicted molar refractivity (Wildman–Crippen MR) is 130 cm³/mol. The van der Waals surface area contributed by atoms with Gasteiger partial charge in [-0.3, -0.25) is 4.79 Å². The maximum Gasteiger partial charge on any atom is 0.306 e. The minimum Gasteiger partial charge on any atom is -0.466 e. The van der Waals surface area contributed by atoms with Gasteiger partial charge in [-0.2, -0.15) is 0 Å². The molecule has 0 N–H and O–H groups in total. The fourth-order valence-corrected chi connectivity index (χ4v) is 4.60. The Kier molecular flexibility index (Phi) is 8.16. The number of hydrogen-bond acceptors (Lipinski definition) is 4. The third-order valence-electron chi connectivity index (χ3n) is 6.19. The standard InChI is InChI=1S/C27H37FN2O2/c1-6-32-26(31)14-12-21-11-13-24(16-25(21)28)29(5)18-23-10-9-22-8-7-15-30(17-19(2)3)27(22)20(23)4/h9-11,13,16,19H,6-8,12,14-15,17-18H2,1-5H3. The van der Waals surface area contributed by atoms with Crippen molar-refractivity contribution in [1.82, 2.24) is 0 Å². The second-order valence-electron chi connectivity index (χ2n) is 9.24. The summed E-state index contributed by atoms with van der Waals surface area (Å²) in [6.45, 7) is 11.8. The Bertz CT molecular complexity index is 941. The van der Waals surface area contributed by atoms with E-state index in [4.69, 9.17) is 4.74 Å². The topological polar surface area (TPSA) is 32.8 Å². The number of carbonyl (C=O) groups is 1. The first-order valence-electron chi connectivity index (χ1n) is 11.8. The van der Waals surface area contributed by atoms with Crippen LogP contribution < -0.4 is 9.80 Å². The normalized spacial score (nSPS) is 13.3. The van der Waals surface area contributed by atoms with Gasteiger partial charge in [0.15, 0.2) is 0 Å². The molecule has 1 aliphatic rings. The molecule has 0 bridgehead atoms. The summed E-state index contributed by atoms with van der Waals surface area (Å²) < 4.78 is 19.6. The van der Waals surface area contributed by atoms with E-state index >= 15 is 0 Å². The molecule has 2 aromatic rings. The molecular weight excluding hydrogens is 403 g/mol. The SMILES string of the molecule is CCOC(=O)CCc1ccc(N(C)Cc2ccc3c(c2C)N(CC(C)C)CCC3)cc1F. The number of esters is 1. The highest BCUT2D eigenvalue weighted by molar-refractivity contribution is 5.69. The number of aryl methyl sites for hydroxylation is 2. The average Bonchev–Trinajstić information content (AvgIpc) is 2.74. The quantitative estimate of drug-likeness (QED) is 0.470. The number of carbonyl (C=O) groups excluding carboxylic acids is 1. The monoisotopic (exact) mass is 440 g/mol. The Morgan fingerprint density at radius 2 is 1.97 bits per heavy atom. The van der Waals surface area contributed by atoms with E-state index in [1.165, 1.54) is 28.8 Å². The zero-order valence-electron chi connectivity index (χ0n) is 20.2. The maximum absolute atomic E-state index is 14.7. The molecule has 2 aromatic carbocycles. The smallest absolute Gasteiger partial charge is 0.306 e. The molecule has 3 rings (SSSR count). The molecule has 0 radical (unpaired) electrons. The molecule has 4 nitrogen and oxygen atoms in total. The van der Waals surface area contributed by atoms with E-state index < -0.39 is 0 Å². The molecular formula is C27H37FN2O2. The molecule has 0 atom stereocenters. The molecule has 32 heavy (non-hydrogen) atoms. The number of hydrogen-bond donors (Lipinski definition) is 0. The lowest BCUT2D eigenvalue weighted by atomic mass is 9.93. The third-order valence-corrected chi connectivity index (χ3v) is 6.19. The van der Waals surface area contributed by atoms with Crippen LogP contribution in [0.5, 0.6) is 0 Å². The molecule has 0 spiro atoms. The fraction of sp³-hybridized carbons (Fsp3) is 0.519. The molecule has 0 amide bonds. The molecule has 0 unspecified atom stereocenters. The number of nitrogens with zero attached hydrogens (tertiary/aromatic N) is 2. The highest BCUT2D eigenvalue weighted by atomic mass is 19.1. The Morgan fingerprint density at radius 1 is 1.22 bits per heavy atom. The summed E-state index contributed by atoms with van der Waals surface area (Å²) in [5.74, 6) is 0.0587. The summed E-state index contributed by atoms with van der Waals surface area (Å²) in [6, 6.07) is 9.79. The minimum atomic E-state index is -0.289. The van der Waals surface area contributed by atoms with Crippen LogP contribution in [0.1, 0.15) is 55.9 Å². The minimum absolute atomic E-state index is 0.196. The van der Waals surface area contributed by atoms with Crippen molar-refractivity contribution in [2.45, 2.75) is 59.9 Å². The van der Waals surface area contributed by atoms with Crippen molar-refractivity contribution in [3.05, 3.63) is 58.4 Å². The van der Waals surface area contributed by atoms with Gasteiger partial charge in [0.05, 0.1) is 6.61 Å². The zero-order valence-corrected chi connectivity index (χ0v) is 20.2. The maximum atomic E-state index is 14.7. The first kappa shape index (κ1) is 24.1. The zero-order chi connectivity index (χ0) is 23.3. The van der Waals surface area contributed by atoms with Gasteiger partial charge < -0.3 is 14.5 Å². The van der Waals surface area contributed by atoms with Gasteiger partial charge in [-0.1, -0.05) is 32.0 Å². The number of halogens is 1. The molecule has 5 heteroatoms. The van der Waals surface area contributed by atoms with Gasteiger partial charge in [-0.25, -0.2) is 4.39 Å². The number of anilines is 2. The molecule has 1 aliphatic heterocycles. The van der Waals surface area contributed by atoms with E-state index in [-0.39, 0.29) is 18.2 Å². The van der Waals surface area contributed by atoms with Crippen LogP contribution in [-0.4, -0.2) is 32.7 Å². The van der Waals surface area contributed by atoms with Crippen LogP contribution in [-0.2, 0) is 28.9 Å². The molecule has 0 aromatic heterocycles. The van der Waals surface area contributed by atoms with Gasteiger partial charge in [0.1, 0.15) is 5.82 Å². The molecule has 0 saturated heterocycles. The Labute approximate surface area is 192 Å². The number of ether oxygens (including phenoxy) is 1. The number of fused-ring (bicyclic) bond motifs is 1. The third kappa shape index (κ3) is 5.81. The summed E-state index contributed by atoms with van der Waals surface area (Å²) in [5, 5.41) is 0. The Hall–Kier alpha value is -2.56. The summed E-state index contributed by atoms with van der Waals surface area (Å²) in [4.78, 5) is 16.2. The van der Waals surface area contributed by atoms with Gasteiger partial charge in [-0.15, -0.1) is 0 Å². The van der Waals surface area contributed by atoms with Crippen LogP contribution in [0.3, 0.4) is 0 Å². The number of benzene rings is 2. The van der Waals surface area contributed by atoms with E-state index in [0.29, 0.717) is 24.5 Å². The second-order valence-corrected chi connectivity index (χ2v) is 9.24. The lowest BCUT2D eigenvalue weighted by Gasteiger charge is -2.35. The van der Waals surface area contributed by atoms with Gasteiger partial charge >= 0.3 is 5.97 Å². The van der Waals surface area contributed by atoms with Crippen molar-refractivity contribution < 1.29 is 13.9 Å². The lowest BCUT2D eigenvalue weighted by Crippen LogP contribution is -2.33. The van der Waals surface area contributed by atoms with Crippen LogP contribution in [0.15, 0.2) is 30.3 Å². The van der Waals surface area contributed by atoms with Crippen LogP contribution in [0.4, 0.5) is 15.8 Å². The van der Waals surface area contributed by atoms with Gasteiger partial charge in [0.25, 0.3) is 0 Å². The lowest BCUT2D eigenvalue weighted by molar-refractivity contribution is -0.143. The van der Waals surface area contributed by atoms with E-state index in [9.17, 15) is 9.18 Å². The molecule has 174 valence electrons. The van der Waals surface area contributed by atoms with Crippen LogP contribution >= 0.6 is 0 Å². The first-order chi connectivity index (χ1) is 15.3. The fourth-order valence-electron chi connectivity index (χ4n) is 4.60. The van der Waals surface area contributed by atoms with Gasteiger partial charge in [0, 0.05) is 44.5 Å². The van der Waals surface area contributed by atoms with Crippen LogP contribution in [0, 0.1) is 18.7 Å². The van der Waals surface area contributed by atoms with Gasteiger partial charge in [-0.05, 0) is 73.4 Å². The first-order valence-corrected chi connectivity index (χ1v) is 11.8. The second kappa shape index (κ2) is 10.8. The van der Waals surface area contributed by atoms with Crippen molar-refractivity contribution in [2.24, 2.45) is 5.92 Å². The summed E-state index contributed by atoms with van der Waals surface area (Å²) in [5.41, 5.74) is 6.83. The predicted octanol–water partition coefficient (Wildman–Crippen LogP) is 5.67. The van der Waals surface area contributed by atoms with Gasteiger partial charge in [0.2, 0.25) is 0 Å². The molecule has 0 saturated carbocycles. The van der Waals surface area contributed by atoms with E-state index in [1.54, 1.807) is 19.1 Å². The Balaban J connectivity index is 1.74. The Morgan fingerprint density at radius 3 is 2.66 bits per heavy atom. The highest BCUT2D eigenvalue weighted by Gasteiger charge is 2.21. The molecule has 0 fully saturated rings. The summed E-state index contributed by atoms with van der Waals surface area (Å²) in [6.07, 6.45) is 2.89. The van der Waals surface area contributed by atoms with Crippen molar-refractivity contribution in [2.75, 3.05) is 36.5 Å². The van der Waals surface area contributed by atoms with Crippen molar-refractivity contribution in [1.29, 1.82) is 0 Å². The van der Waals surface area contributed by atoms with Crippen molar-refractivity contribution in [3.63, 3.8) is 0 Å². The van der Waals surface area contributed by atoms with E-state index in [0.717, 1.165) is 31.7 Å². The molecule has 1 heterocycles. The van der Waals surface area contributed by atoms with Crippen LogP contribution in [0.25, 0.3) is 0 Å². The van der Waals surface area contributed by atoms with Crippen molar-refractivity contribution >= 4 is 17.3 Å². The average molecular weight is 441 g/mol. The van der Waals surface area contributed by atoms with E-state index in [2.05, 4.69) is 42.7 Å². The highest BCUT2D eigenvalue weighted by Crippen LogP contribution is 2.34. The van der Waals surface area contributed by atoms with E-state index in [1.807, 2.05) is 13.1 Å². The summed E-state index contributed by atoms with van der Waals surface area (Å²) >= 11 is 0. The summed E-state index contributed by atoms with van der Waals surface area (Å²) in [7, 11) is 2.00. The number of rotatable bonds is 9. The van der Waals surface area contributed by atoms with Crippen LogP contribution in [0.2, 0.25) is 0 Å². The largest absolute Gasteiger partial charge is 0.466 e. The molecule has 0 aliphatic carbocycles.